The molecule has 1 aliphatic rings. The molecular weight excluding hydrogens is 562 g/mol. The van der Waals surface area contributed by atoms with Gasteiger partial charge in [-0.2, -0.15) is 5.10 Å². The van der Waals surface area contributed by atoms with Crippen LogP contribution in [0.2, 0.25) is 0 Å². The number of hydrogen-bond donors (Lipinski definition) is 3. The number of rotatable bonds is 11. The summed E-state index contributed by atoms with van der Waals surface area (Å²) in [6.07, 6.45) is 3.62. The molecule has 4 aromatic rings. The molecule has 0 saturated heterocycles. The van der Waals surface area contributed by atoms with Gasteiger partial charge in [-0.1, -0.05) is 54.6 Å². The second kappa shape index (κ2) is 13.6. The predicted molar refractivity (Wildman–Crippen MR) is 165 cm³/mol. The normalized spacial score (nSPS) is 14.7. The van der Waals surface area contributed by atoms with Gasteiger partial charge in [-0.15, -0.1) is 0 Å². The number of nitrogens with one attached hydrogen (secondary N) is 3. The number of para-hydroxylation sites is 1. The highest BCUT2D eigenvalue weighted by atomic mass is 16.5. The Hall–Kier alpha value is -5.58. The fourth-order valence-corrected chi connectivity index (χ4v) is 5.04. The number of methoxy groups -OCH3 is 1. The maximum atomic E-state index is 12.6. The van der Waals surface area contributed by atoms with E-state index in [1.54, 1.807) is 38.3 Å². The molecule has 0 bridgehead atoms. The van der Waals surface area contributed by atoms with Crippen LogP contribution in [0.3, 0.4) is 0 Å². The molecule has 44 heavy (non-hydrogen) atoms. The van der Waals surface area contributed by atoms with Crippen molar-refractivity contribution in [3.05, 3.63) is 107 Å². The van der Waals surface area contributed by atoms with Crippen LogP contribution in [0.15, 0.2) is 95.4 Å². The van der Waals surface area contributed by atoms with Crippen molar-refractivity contribution in [1.82, 2.24) is 20.6 Å². The van der Waals surface area contributed by atoms with Gasteiger partial charge in [0.2, 0.25) is 0 Å². The van der Waals surface area contributed by atoms with E-state index in [0.29, 0.717) is 29.3 Å². The van der Waals surface area contributed by atoms with Crippen LogP contribution in [0.1, 0.15) is 36.6 Å². The number of fused-ring (bicyclic) bond motifs is 1. The zero-order chi connectivity index (χ0) is 31.1. The molecular formula is C33H33N5O6. The molecule has 11 heteroatoms. The van der Waals surface area contributed by atoms with Gasteiger partial charge >= 0.3 is 12.0 Å². The Labute approximate surface area is 254 Å². The highest BCUT2D eigenvalue weighted by molar-refractivity contribution is 6.00. The monoisotopic (exact) mass is 595 g/mol. The summed E-state index contributed by atoms with van der Waals surface area (Å²) < 4.78 is 18.5. The van der Waals surface area contributed by atoms with Crippen molar-refractivity contribution in [2.45, 2.75) is 26.4 Å². The Morgan fingerprint density at radius 3 is 2.59 bits per heavy atom. The van der Waals surface area contributed by atoms with Crippen molar-refractivity contribution >= 4 is 35.0 Å². The van der Waals surface area contributed by atoms with Crippen LogP contribution in [0.5, 0.6) is 11.5 Å². The molecule has 0 saturated carbocycles. The molecule has 226 valence electrons. The maximum Gasteiger partial charge on any atom is 0.338 e. The Morgan fingerprint density at radius 1 is 1.05 bits per heavy atom. The molecule has 0 aliphatic carbocycles. The van der Waals surface area contributed by atoms with E-state index in [4.69, 9.17) is 14.2 Å². The highest BCUT2D eigenvalue weighted by Gasteiger charge is 2.32. The molecule has 1 aromatic heterocycles. The van der Waals surface area contributed by atoms with Gasteiger partial charge in [0.05, 0.1) is 31.5 Å². The van der Waals surface area contributed by atoms with E-state index in [9.17, 15) is 14.4 Å². The van der Waals surface area contributed by atoms with Crippen LogP contribution in [0.4, 0.5) is 4.79 Å². The van der Waals surface area contributed by atoms with E-state index < -0.39 is 23.9 Å². The molecule has 3 N–H and O–H groups in total. The van der Waals surface area contributed by atoms with Gasteiger partial charge in [0.25, 0.3) is 5.91 Å². The van der Waals surface area contributed by atoms with Gasteiger partial charge in [0.15, 0.2) is 18.1 Å². The Balaban J connectivity index is 1.24. The lowest BCUT2D eigenvalue weighted by Crippen LogP contribution is -2.45. The average Bonchev–Trinajstić information content (AvgIpc) is 3.37. The van der Waals surface area contributed by atoms with Crippen LogP contribution >= 0.6 is 0 Å². The first-order valence-electron chi connectivity index (χ1n) is 14.1. The Kier molecular flexibility index (Phi) is 9.24. The minimum atomic E-state index is -0.762. The minimum Gasteiger partial charge on any atom is -0.493 e. The second-order valence-corrected chi connectivity index (χ2v) is 10.00. The largest absolute Gasteiger partial charge is 0.493 e. The number of amides is 3. The fraction of sp³-hybridized carbons (Fsp3) is 0.212. The van der Waals surface area contributed by atoms with E-state index in [2.05, 4.69) is 43.9 Å². The van der Waals surface area contributed by atoms with Crippen molar-refractivity contribution in [3.8, 4) is 11.5 Å². The van der Waals surface area contributed by atoms with E-state index in [0.717, 1.165) is 16.5 Å². The molecule has 0 radical (unpaired) electrons. The number of carbonyl (C=O) groups is 3. The lowest BCUT2D eigenvalue weighted by Gasteiger charge is -2.28. The number of allylic oxidation sites excluding steroid dienone is 1. The van der Waals surface area contributed by atoms with Crippen molar-refractivity contribution in [2.75, 3.05) is 20.3 Å². The van der Waals surface area contributed by atoms with Gasteiger partial charge in [0, 0.05) is 34.9 Å². The molecule has 11 nitrogen and oxygen atoms in total. The minimum absolute atomic E-state index is 0.191. The molecule has 0 spiro atoms. The fourth-order valence-electron chi connectivity index (χ4n) is 5.04. The van der Waals surface area contributed by atoms with E-state index >= 15 is 0 Å². The lowest BCUT2D eigenvalue weighted by atomic mass is 9.95. The van der Waals surface area contributed by atoms with E-state index in [1.807, 2.05) is 42.6 Å². The van der Waals surface area contributed by atoms with Crippen molar-refractivity contribution < 1.29 is 28.6 Å². The topological polar surface area (TPSA) is 132 Å². The predicted octanol–water partition coefficient (Wildman–Crippen LogP) is 4.42. The van der Waals surface area contributed by atoms with Gasteiger partial charge in [-0.25, -0.2) is 15.0 Å². The summed E-state index contributed by atoms with van der Waals surface area (Å²) >= 11 is 0. The highest BCUT2D eigenvalue weighted by Crippen LogP contribution is 2.34. The Bertz CT molecular complexity index is 1740. The summed E-state index contributed by atoms with van der Waals surface area (Å²) in [6.45, 7) is 3.92. The second-order valence-electron chi connectivity index (χ2n) is 10.00. The first-order valence-corrected chi connectivity index (χ1v) is 14.1. The molecule has 0 fully saturated rings. The van der Waals surface area contributed by atoms with E-state index in [1.165, 1.54) is 12.7 Å². The van der Waals surface area contributed by atoms with E-state index in [-0.39, 0.29) is 18.8 Å². The summed E-state index contributed by atoms with van der Waals surface area (Å²) in [5, 5.41) is 10.5. The number of aromatic nitrogens is 1. The smallest absolute Gasteiger partial charge is 0.338 e. The van der Waals surface area contributed by atoms with Gasteiger partial charge in [-0.05, 0) is 43.2 Å². The van der Waals surface area contributed by atoms with Crippen molar-refractivity contribution in [1.29, 1.82) is 0 Å². The lowest BCUT2D eigenvalue weighted by molar-refractivity contribution is -0.139. The third-order valence-electron chi connectivity index (χ3n) is 7.05. The first kappa shape index (κ1) is 29.9. The summed E-state index contributed by atoms with van der Waals surface area (Å²) in [4.78, 5) is 37.4. The van der Waals surface area contributed by atoms with Crippen LogP contribution in [-0.2, 0) is 20.9 Å². The summed E-state index contributed by atoms with van der Waals surface area (Å²) in [7, 11) is 1.46. The molecule has 0 unspecified atom stereocenters. The molecule has 2 heterocycles. The third-order valence-corrected chi connectivity index (χ3v) is 7.05. The summed E-state index contributed by atoms with van der Waals surface area (Å²) in [5.74, 6) is -0.384. The number of ether oxygens (including phenoxy) is 3. The zero-order valence-electron chi connectivity index (χ0n) is 24.6. The number of hydrogen-bond acceptors (Lipinski definition) is 7. The maximum absolute atomic E-state index is 12.6. The van der Waals surface area contributed by atoms with Gasteiger partial charge < -0.3 is 29.4 Å². The molecule has 3 amide bonds. The van der Waals surface area contributed by atoms with Crippen molar-refractivity contribution in [2.24, 2.45) is 5.10 Å². The number of esters is 1. The first-order chi connectivity index (χ1) is 21.4. The molecule has 5 rings (SSSR count). The number of nitrogens with zero attached hydrogens (tertiary/aromatic N) is 2. The zero-order valence-corrected chi connectivity index (χ0v) is 24.6. The van der Waals surface area contributed by atoms with Crippen molar-refractivity contribution in [3.63, 3.8) is 0 Å². The molecule has 3 aromatic carbocycles. The van der Waals surface area contributed by atoms with Crippen LogP contribution < -0.4 is 25.5 Å². The SMILES string of the molecule is CCOC(=O)C1=C(C)NC(=O)N[C@@H]1c1ccc(OCC(=O)N/N=C\c2cn(Cc3ccccc3)c3ccccc23)c(OC)c1. The van der Waals surface area contributed by atoms with Crippen LogP contribution in [-0.4, -0.2) is 49.0 Å². The standard InChI is InChI=1S/C33H33N5O6/c1-4-43-32(40)30-21(2)35-33(41)36-31(30)23-14-15-27(28(16-23)42-3)44-20-29(39)37-34-17-24-19-38(18-22-10-6-5-7-11-22)26-13-9-8-12-25(24)26/h5-17,19,31H,4,18,20H2,1-3H3,(H,37,39)(H2,35,36,41)/b34-17-/t31-/m1/s1. The molecule has 1 aliphatic heterocycles. The third kappa shape index (κ3) is 6.73. The summed E-state index contributed by atoms with van der Waals surface area (Å²) in [5.41, 5.74) is 6.87. The van der Waals surface area contributed by atoms with Gasteiger partial charge in [-0.3, -0.25) is 4.79 Å². The van der Waals surface area contributed by atoms with Crippen LogP contribution in [0.25, 0.3) is 10.9 Å². The molecule has 1 atom stereocenters. The number of benzene rings is 3. The van der Waals surface area contributed by atoms with Gasteiger partial charge in [0.1, 0.15) is 0 Å². The van der Waals surface area contributed by atoms with Crippen LogP contribution in [0, 0.1) is 0 Å². The average molecular weight is 596 g/mol. The Morgan fingerprint density at radius 2 is 1.82 bits per heavy atom. The summed E-state index contributed by atoms with van der Waals surface area (Å²) in [6, 6.07) is 21.9. The number of carbonyl (C=O) groups excluding carboxylic acids is 3. The number of urea groups is 1. The number of hydrazone groups is 1. The quantitative estimate of drug-likeness (QED) is 0.134.